The zero-order chi connectivity index (χ0) is 21.3. The Kier molecular flexibility index (Phi) is 10.4. The fourth-order valence-electron chi connectivity index (χ4n) is 3.61. The summed E-state index contributed by atoms with van der Waals surface area (Å²) in [6.45, 7) is 11.7. The first-order valence-corrected chi connectivity index (χ1v) is 11.0. The van der Waals surface area contributed by atoms with E-state index in [0.29, 0.717) is 12.6 Å². The number of para-hydroxylation sites is 2. The smallest absolute Gasteiger partial charge is 0.194 e. The van der Waals surface area contributed by atoms with Crippen molar-refractivity contribution in [1.29, 1.82) is 0 Å². The molecule has 1 saturated heterocycles. The Morgan fingerprint density at radius 3 is 2.61 bits per heavy atom. The number of nitrogens with zero attached hydrogens (tertiary/aromatic N) is 6. The maximum atomic E-state index is 5.54. The number of anilines is 1. The Hall–Kier alpha value is -2.04. The first-order chi connectivity index (χ1) is 14.7. The molecule has 2 heterocycles. The average Bonchev–Trinajstić information content (AvgIpc) is 3.26. The van der Waals surface area contributed by atoms with Crippen molar-refractivity contribution in [3.05, 3.63) is 36.4 Å². The Labute approximate surface area is 203 Å². The van der Waals surface area contributed by atoms with E-state index in [0.717, 1.165) is 68.8 Å². The monoisotopic (exact) mass is 541 g/mol. The minimum Gasteiger partial charge on any atom is -0.495 e. The van der Waals surface area contributed by atoms with E-state index in [2.05, 4.69) is 62.8 Å². The number of hydrogen-bond acceptors (Lipinski definition) is 5. The van der Waals surface area contributed by atoms with Crippen LogP contribution in [0.15, 0.2) is 35.6 Å². The van der Waals surface area contributed by atoms with Crippen LogP contribution in [-0.2, 0) is 13.0 Å². The van der Waals surface area contributed by atoms with Crippen molar-refractivity contribution in [3.8, 4) is 5.75 Å². The summed E-state index contributed by atoms with van der Waals surface area (Å²) >= 11 is 0. The highest BCUT2D eigenvalue weighted by atomic mass is 127. The molecule has 1 atom stereocenters. The van der Waals surface area contributed by atoms with Crippen molar-refractivity contribution in [1.82, 2.24) is 25.0 Å². The summed E-state index contributed by atoms with van der Waals surface area (Å²) in [4.78, 5) is 9.68. The van der Waals surface area contributed by atoms with Gasteiger partial charge in [0.2, 0.25) is 0 Å². The summed E-state index contributed by atoms with van der Waals surface area (Å²) in [6, 6.07) is 8.62. The molecule has 31 heavy (non-hydrogen) atoms. The fourth-order valence-corrected chi connectivity index (χ4v) is 3.61. The molecule has 1 fully saturated rings. The van der Waals surface area contributed by atoms with Crippen LogP contribution in [0.5, 0.6) is 5.75 Å². The van der Waals surface area contributed by atoms with Gasteiger partial charge in [0.25, 0.3) is 0 Å². The standard InChI is InChI=1S/C22H35N7O.HI/c1-5-18(3)25-22(23-11-12-29-17-24-26-21(29)6-2)28-15-13-27(14-16-28)19-9-7-8-10-20(19)30-4;/h7-10,17-18H,5-6,11-16H2,1-4H3,(H,23,25);1H. The minimum atomic E-state index is 0. The highest BCUT2D eigenvalue weighted by Crippen LogP contribution is 2.28. The highest BCUT2D eigenvalue weighted by Gasteiger charge is 2.22. The van der Waals surface area contributed by atoms with Crippen LogP contribution in [0.4, 0.5) is 5.69 Å². The van der Waals surface area contributed by atoms with E-state index >= 15 is 0 Å². The number of hydrogen-bond donors (Lipinski definition) is 1. The number of methoxy groups -OCH3 is 1. The predicted octanol–water partition coefficient (Wildman–Crippen LogP) is 3.03. The molecule has 2 aromatic rings. The normalized spacial score (nSPS) is 15.4. The van der Waals surface area contributed by atoms with Crippen molar-refractivity contribution in [2.24, 2.45) is 4.99 Å². The summed E-state index contributed by atoms with van der Waals surface area (Å²) in [7, 11) is 1.73. The van der Waals surface area contributed by atoms with Crippen molar-refractivity contribution in [3.63, 3.8) is 0 Å². The first-order valence-electron chi connectivity index (χ1n) is 11.0. The maximum Gasteiger partial charge on any atom is 0.194 e. The van der Waals surface area contributed by atoms with Gasteiger partial charge in [-0.15, -0.1) is 34.2 Å². The number of aryl methyl sites for hydroxylation is 1. The van der Waals surface area contributed by atoms with Crippen LogP contribution < -0.4 is 15.0 Å². The van der Waals surface area contributed by atoms with Crippen molar-refractivity contribution >= 4 is 35.6 Å². The van der Waals surface area contributed by atoms with Gasteiger partial charge in [0.15, 0.2) is 5.96 Å². The average molecular weight is 541 g/mol. The molecule has 0 aliphatic carbocycles. The SMILES string of the molecule is CCc1nncn1CCN=C(NC(C)CC)N1CCN(c2ccccc2OC)CC1.I. The molecule has 0 bridgehead atoms. The summed E-state index contributed by atoms with van der Waals surface area (Å²) < 4.78 is 7.63. The number of rotatable bonds is 8. The lowest BCUT2D eigenvalue weighted by atomic mass is 10.2. The van der Waals surface area contributed by atoms with Crippen LogP contribution in [0.1, 0.15) is 33.0 Å². The van der Waals surface area contributed by atoms with Crippen LogP contribution in [0.3, 0.4) is 0 Å². The van der Waals surface area contributed by atoms with Gasteiger partial charge in [0.05, 0.1) is 19.3 Å². The Morgan fingerprint density at radius 2 is 1.94 bits per heavy atom. The summed E-state index contributed by atoms with van der Waals surface area (Å²) in [5.74, 6) is 2.93. The van der Waals surface area contributed by atoms with Crippen LogP contribution in [0, 0.1) is 0 Å². The van der Waals surface area contributed by atoms with E-state index in [9.17, 15) is 0 Å². The maximum absolute atomic E-state index is 5.54. The molecule has 3 rings (SSSR count). The molecule has 1 aromatic carbocycles. The van der Waals surface area contributed by atoms with E-state index in [-0.39, 0.29) is 24.0 Å². The third-order valence-electron chi connectivity index (χ3n) is 5.61. The van der Waals surface area contributed by atoms with Crippen LogP contribution >= 0.6 is 24.0 Å². The molecular weight excluding hydrogens is 505 g/mol. The quantitative estimate of drug-likeness (QED) is 0.315. The van der Waals surface area contributed by atoms with E-state index in [4.69, 9.17) is 9.73 Å². The van der Waals surface area contributed by atoms with Gasteiger partial charge in [-0.05, 0) is 25.5 Å². The zero-order valence-corrected chi connectivity index (χ0v) is 21.5. The Balaban J connectivity index is 0.00000341. The molecular formula is C22H36IN7O. The molecule has 1 aliphatic heterocycles. The van der Waals surface area contributed by atoms with Gasteiger partial charge >= 0.3 is 0 Å². The lowest BCUT2D eigenvalue weighted by molar-refractivity contribution is 0.361. The van der Waals surface area contributed by atoms with Crippen molar-refractivity contribution in [2.75, 3.05) is 44.7 Å². The number of nitrogens with one attached hydrogen (secondary N) is 1. The third-order valence-corrected chi connectivity index (χ3v) is 5.61. The molecule has 1 aromatic heterocycles. The number of aromatic nitrogens is 3. The van der Waals surface area contributed by atoms with Crippen LogP contribution in [0.2, 0.25) is 0 Å². The largest absolute Gasteiger partial charge is 0.495 e. The van der Waals surface area contributed by atoms with Gasteiger partial charge < -0.3 is 24.4 Å². The van der Waals surface area contributed by atoms with Crippen LogP contribution in [0.25, 0.3) is 0 Å². The molecule has 8 nitrogen and oxygen atoms in total. The molecule has 0 radical (unpaired) electrons. The van der Waals surface area contributed by atoms with Crippen molar-refractivity contribution in [2.45, 2.75) is 46.2 Å². The highest BCUT2D eigenvalue weighted by molar-refractivity contribution is 14.0. The topological polar surface area (TPSA) is 70.8 Å². The Bertz CT molecular complexity index is 818. The third kappa shape index (κ3) is 6.72. The van der Waals surface area contributed by atoms with Gasteiger partial charge in [-0.1, -0.05) is 26.0 Å². The van der Waals surface area contributed by atoms with Gasteiger partial charge in [-0.2, -0.15) is 0 Å². The number of ether oxygens (including phenoxy) is 1. The molecule has 172 valence electrons. The second-order valence-corrected chi connectivity index (χ2v) is 7.60. The number of piperazine rings is 1. The first kappa shape index (κ1) is 25.2. The predicted molar refractivity (Wildman–Crippen MR) is 137 cm³/mol. The number of aliphatic imine (C=N–C) groups is 1. The molecule has 0 saturated carbocycles. The van der Waals surface area contributed by atoms with Crippen molar-refractivity contribution < 1.29 is 4.74 Å². The molecule has 1 aliphatic rings. The Morgan fingerprint density at radius 1 is 1.19 bits per heavy atom. The lowest BCUT2D eigenvalue weighted by Crippen LogP contribution is -2.54. The van der Waals surface area contributed by atoms with E-state index in [1.807, 2.05) is 12.1 Å². The number of benzene rings is 1. The van der Waals surface area contributed by atoms with Gasteiger partial charge in [0.1, 0.15) is 17.9 Å². The van der Waals surface area contributed by atoms with E-state index in [1.165, 1.54) is 0 Å². The fraction of sp³-hybridized carbons (Fsp3) is 0.591. The second kappa shape index (κ2) is 12.7. The second-order valence-electron chi connectivity index (χ2n) is 7.60. The minimum absolute atomic E-state index is 0. The number of guanidine groups is 1. The summed E-state index contributed by atoms with van der Waals surface area (Å²) in [5, 5.41) is 11.8. The molecule has 0 amide bonds. The van der Waals surface area contributed by atoms with Gasteiger partial charge in [-0.3, -0.25) is 4.99 Å². The van der Waals surface area contributed by atoms with Gasteiger partial charge in [-0.25, -0.2) is 0 Å². The zero-order valence-electron chi connectivity index (χ0n) is 19.1. The van der Waals surface area contributed by atoms with E-state index in [1.54, 1.807) is 13.4 Å². The van der Waals surface area contributed by atoms with Crippen LogP contribution in [-0.4, -0.2) is 71.5 Å². The summed E-state index contributed by atoms with van der Waals surface area (Å²) in [6.07, 6.45) is 3.74. The lowest BCUT2D eigenvalue weighted by Gasteiger charge is -2.38. The van der Waals surface area contributed by atoms with Gasteiger partial charge in [0, 0.05) is 45.2 Å². The molecule has 1 unspecified atom stereocenters. The van der Waals surface area contributed by atoms with E-state index < -0.39 is 0 Å². The summed E-state index contributed by atoms with van der Waals surface area (Å²) in [5.41, 5.74) is 1.16. The molecule has 0 spiro atoms. The molecule has 1 N–H and O–H groups in total. The number of halogens is 1. The molecule has 9 heteroatoms.